The number of hydrogen-bond donors (Lipinski definition) is 1. The van der Waals surface area contributed by atoms with Gasteiger partial charge in [0.1, 0.15) is 10.6 Å². The van der Waals surface area contributed by atoms with Gasteiger partial charge in [0.15, 0.2) is 5.78 Å². The monoisotopic (exact) mass is 366 g/mol. The van der Waals surface area contributed by atoms with Crippen molar-refractivity contribution in [1.82, 2.24) is 10.3 Å². The molecule has 0 atom stereocenters. The highest BCUT2D eigenvalue weighted by atomic mass is 32.1. The van der Waals surface area contributed by atoms with Crippen LogP contribution in [0.25, 0.3) is 11.3 Å². The highest BCUT2D eigenvalue weighted by Gasteiger charge is 2.19. The molecule has 0 saturated heterocycles. The van der Waals surface area contributed by atoms with E-state index < -0.39 is 0 Å². The standard InChI is InChI=1S/C20H18N2O3S/c1-13-22-18(15-6-4-3-5-7-15)19(26-13)20(24)21-12-17(23)14-8-10-16(25-2)11-9-14/h3-11H,12H2,1-2H3,(H,21,24). The van der Waals surface area contributed by atoms with Crippen LogP contribution in [0.5, 0.6) is 5.75 Å². The van der Waals surface area contributed by atoms with Gasteiger partial charge < -0.3 is 10.1 Å². The first-order valence-corrected chi connectivity index (χ1v) is 8.88. The van der Waals surface area contributed by atoms with Gasteiger partial charge in [0.25, 0.3) is 5.91 Å². The lowest BCUT2D eigenvalue weighted by Crippen LogP contribution is -2.29. The van der Waals surface area contributed by atoms with Crippen LogP contribution in [-0.2, 0) is 0 Å². The summed E-state index contributed by atoms with van der Waals surface area (Å²) in [4.78, 5) is 29.8. The number of carbonyl (C=O) groups is 2. The van der Waals surface area contributed by atoms with Crippen LogP contribution in [0.1, 0.15) is 25.0 Å². The largest absolute Gasteiger partial charge is 0.497 e. The van der Waals surface area contributed by atoms with Gasteiger partial charge in [-0.15, -0.1) is 11.3 Å². The molecule has 3 aromatic rings. The molecule has 132 valence electrons. The summed E-state index contributed by atoms with van der Waals surface area (Å²) in [6, 6.07) is 16.3. The Hall–Kier alpha value is -2.99. The predicted molar refractivity (Wildman–Crippen MR) is 102 cm³/mol. The van der Waals surface area contributed by atoms with Crippen molar-refractivity contribution in [3.63, 3.8) is 0 Å². The molecule has 6 heteroatoms. The lowest BCUT2D eigenvalue weighted by molar-refractivity contribution is 0.0907. The Labute approximate surface area is 155 Å². The van der Waals surface area contributed by atoms with E-state index in [4.69, 9.17) is 4.74 Å². The first kappa shape index (κ1) is 17.8. The van der Waals surface area contributed by atoms with Crippen LogP contribution in [0.3, 0.4) is 0 Å². The number of nitrogens with one attached hydrogen (secondary N) is 1. The van der Waals surface area contributed by atoms with E-state index in [1.54, 1.807) is 31.4 Å². The van der Waals surface area contributed by atoms with E-state index in [1.807, 2.05) is 37.3 Å². The van der Waals surface area contributed by atoms with Crippen LogP contribution in [0.2, 0.25) is 0 Å². The number of methoxy groups -OCH3 is 1. The average molecular weight is 366 g/mol. The van der Waals surface area contributed by atoms with Crippen molar-refractivity contribution < 1.29 is 14.3 Å². The summed E-state index contributed by atoms with van der Waals surface area (Å²) in [5, 5.41) is 3.50. The second kappa shape index (κ2) is 7.93. The smallest absolute Gasteiger partial charge is 0.264 e. The predicted octanol–water partition coefficient (Wildman–Crippen LogP) is 3.74. The van der Waals surface area contributed by atoms with Crippen molar-refractivity contribution in [3.8, 4) is 17.0 Å². The molecule has 1 heterocycles. The number of hydrogen-bond acceptors (Lipinski definition) is 5. The minimum atomic E-state index is -0.295. The third-order valence-corrected chi connectivity index (χ3v) is 4.78. The van der Waals surface area contributed by atoms with Crippen LogP contribution in [0.15, 0.2) is 54.6 Å². The van der Waals surface area contributed by atoms with Crippen molar-refractivity contribution in [2.75, 3.05) is 13.7 Å². The quantitative estimate of drug-likeness (QED) is 0.675. The molecule has 0 bridgehead atoms. The first-order chi connectivity index (χ1) is 12.6. The molecule has 1 amide bonds. The van der Waals surface area contributed by atoms with Gasteiger partial charge >= 0.3 is 0 Å². The molecule has 3 rings (SSSR count). The van der Waals surface area contributed by atoms with Crippen molar-refractivity contribution in [2.24, 2.45) is 0 Å². The van der Waals surface area contributed by atoms with Crippen LogP contribution < -0.4 is 10.1 Å². The normalized spacial score (nSPS) is 10.4. The molecule has 0 saturated carbocycles. The maximum atomic E-state index is 12.6. The van der Waals surface area contributed by atoms with Gasteiger partial charge in [-0.1, -0.05) is 30.3 Å². The summed E-state index contributed by atoms with van der Waals surface area (Å²) >= 11 is 1.32. The molecule has 0 aliphatic heterocycles. The average Bonchev–Trinajstić information content (AvgIpc) is 3.08. The van der Waals surface area contributed by atoms with E-state index in [0.29, 0.717) is 21.9 Å². The number of aryl methyl sites for hydroxylation is 1. The number of carbonyl (C=O) groups excluding carboxylic acids is 2. The summed E-state index contributed by atoms with van der Waals surface area (Å²) < 4.78 is 5.08. The number of thiazole rings is 1. The number of Topliss-reactive ketones (excluding diaryl/α,β-unsaturated/α-hetero) is 1. The van der Waals surface area contributed by atoms with Crippen molar-refractivity contribution in [1.29, 1.82) is 0 Å². The number of benzene rings is 2. The van der Waals surface area contributed by atoms with Gasteiger partial charge in [-0.3, -0.25) is 9.59 Å². The van der Waals surface area contributed by atoms with E-state index in [0.717, 1.165) is 10.6 Å². The zero-order chi connectivity index (χ0) is 18.5. The Morgan fingerprint density at radius 2 is 1.77 bits per heavy atom. The fraction of sp³-hybridized carbons (Fsp3) is 0.150. The maximum absolute atomic E-state index is 12.6. The Kier molecular flexibility index (Phi) is 5.43. The third kappa shape index (κ3) is 3.97. The van der Waals surface area contributed by atoms with Crippen LogP contribution >= 0.6 is 11.3 Å². The molecule has 0 aliphatic carbocycles. The molecule has 0 aliphatic rings. The van der Waals surface area contributed by atoms with Gasteiger partial charge in [-0.2, -0.15) is 0 Å². The van der Waals surface area contributed by atoms with Crippen molar-refractivity contribution in [2.45, 2.75) is 6.92 Å². The summed E-state index contributed by atoms with van der Waals surface area (Å²) in [6.45, 7) is 1.78. The van der Waals surface area contributed by atoms with Crippen molar-refractivity contribution >= 4 is 23.0 Å². The number of rotatable bonds is 6. The molecular formula is C20H18N2O3S. The number of amides is 1. The van der Waals surface area contributed by atoms with Crippen LogP contribution in [0.4, 0.5) is 0 Å². The summed E-state index contributed by atoms with van der Waals surface area (Å²) in [6.07, 6.45) is 0. The molecule has 0 radical (unpaired) electrons. The Morgan fingerprint density at radius 1 is 1.08 bits per heavy atom. The lowest BCUT2D eigenvalue weighted by Gasteiger charge is -2.06. The molecule has 1 N–H and O–H groups in total. The van der Waals surface area contributed by atoms with E-state index in [1.165, 1.54) is 11.3 Å². The maximum Gasteiger partial charge on any atom is 0.264 e. The number of aromatic nitrogens is 1. The fourth-order valence-electron chi connectivity index (χ4n) is 2.49. The van der Waals surface area contributed by atoms with E-state index in [-0.39, 0.29) is 18.2 Å². The Bertz CT molecular complexity index is 918. The van der Waals surface area contributed by atoms with Gasteiger partial charge in [0.05, 0.1) is 24.4 Å². The van der Waals surface area contributed by atoms with Crippen LogP contribution in [-0.4, -0.2) is 30.3 Å². The highest BCUT2D eigenvalue weighted by Crippen LogP contribution is 2.27. The second-order valence-corrected chi connectivity index (χ2v) is 6.81. The van der Waals surface area contributed by atoms with Crippen LogP contribution in [0, 0.1) is 6.92 Å². The summed E-state index contributed by atoms with van der Waals surface area (Å²) in [5.41, 5.74) is 2.04. The van der Waals surface area contributed by atoms with E-state index in [9.17, 15) is 9.59 Å². The molecular weight excluding hydrogens is 348 g/mol. The highest BCUT2D eigenvalue weighted by molar-refractivity contribution is 7.14. The summed E-state index contributed by atoms with van der Waals surface area (Å²) in [7, 11) is 1.57. The van der Waals surface area contributed by atoms with Gasteiger partial charge in [0.2, 0.25) is 0 Å². The minimum absolute atomic E-state index is 0.0731. The van der Waals surface area contributed by atoms with E-state index >= 15 is 0 Å². The molecule has 26 heavy (non-hydrogen) atoms. The van der Waals surface area contributed by atoms with Gasteiger partial charge in [-0.05, 0) is 31.2 Å². The van der Waals surface area contributed by atoms with Crippen molar-refractivity contribution in [3.05, 3.63) is 70.0 Å². The SMILES string of the molecule is COc1ccc(C(=O)CNC(=O)c2sc(C)nc2-c2ccccc2)cc1. The van der Waals surface area contributed by atoms with Gasteiger partial charge in [0, 0.05) is 11.1 Å². The molecule has 2 aromatic carbocycles. The third-order valence-electron chi connectivity index (χ3n) is 3.81. The molecule has 0 fully saturated rings. The molecule has 0 unspecified atom stereocenters. The molecule has 0 spiro atoms. The fourth-order valence-corrected chi connectivity index (χ4v) is 3.35. The Balaban J connectivity index is 1.71. The zero-order valence-electron chi connectivity index (χ0n) is 14.5. The Morgan fingerprint density at radius 3 is 2.42 bits per heavy atom. The molecule has 5 nitrogen and oxygen atoms in total. The zero-order valence-corrected chi connectivity index (χ0v) is 15.3. The first-order valence-electron chi connectivity index (χ1n) is 8.07. The summed E-state index contributed by atoms with van der Waals surface area (Å²) in [5.74, 6) is 0.220. The number of ketones is 1. The molecule has 1 aromatic heterocycles. The van der Waals surface area contributed by atoms with Gasteiger partial charge in [-0.25, -0.2) is 4.98 Å². The topological polar surface area (TPSA) is 68.3 Å². The lowest BCUT2D eigenvalue weighted by atomic mass is 10.1. The minimum Gasteiger partial charge on any atom is -0.497 e. The number of ether oxygens (including phenoxy) is 1. The number of nitrogens with zero attached hydrogens (tertiary/aromatic N) is 1. The second-order valence-electron chi connectivity index (χ2n) is 5.61. The van der Waals surface area contributed by atoms with E-state index in [2.05, 4.69) is 10.3 Å².